The molecule has 0 aliphatic heterocycles. The second-order valence-electron chi connectivity index (χ2n) is 3.94. The number of anilines is 2. The van der Waals surface area contributed by atoms with Crippen LogP contribution in [0, 0.1) is 13.8 Å². The Morgan fingerprint density at radius 2 is 2.06 bits per heavy atom. The van der Waals surface area contributed by atoms with Crippen molar-refractivity contribution in [2.24, 2.45) is 0 Å². The third-order valence-corrected chi connectivity index (χ3v) is 3.47. The van der Waals surface area contributed by atoms with Gasteiger partial charge < -0.3 is 11.1 Å². The number of aryl methyl sites for hydroxylation is 1. The van der Waals surface area contributed by atoms with Gasteiger partial charge in [0.25, 0.3) is 5.91 Å². The molecular weight excluding hydrogens is 232 g/mol. The van der Waals surface area contributed by atoms with Crippen molar-refractivity contribution in [1.29, 1.82) is 0 Å². The molecule has 0 aliphatic rings. The van der Waals surface area contributed by atoms with Crippen molar-refractivity contribution in [3.8, 4) is 0 Å². The molecule has 0 saturated heterocycles. The van der Waals surface area contributed by atoms with Gasteiger partial charge in [0.15, 0.2) is 0 Å². The smallest absolute Gasteiger partial charge is 0.256 e. The average Bonchev–Trinajstić information content (AvgIpc) is 2.83. The first-order valence-electron chi connectivity index (χ1n) is 5.29. The number of hydrogen-bond donors (Lipinski definition) is 2. The number of hydrogen-bond acceptors (Lipinski definition) is 3. The molecule has 3 N–H and O–H groups in total. The lowest BCUT2D eigenvalue weighted by Crippen LogP contribution is -2.13. The zero-order valence-corrected chi connectivity index (χ0v) is 10.6. The Bertz CT molecular complexity index is 547. The van der Waals surface area contributed by atoms with Gasteiger partial charge in [-0.3, -0.25) is 4.79 Å². The summed E-state index contributed by atoms with van der Waals surface area (Å²) in [6, 6.07) is 5.55. The Hall–Kier alpha value is -1.81. The van der Waals surface area contributed by atoms with Gasteiger partial charge in [0.1, 0.15) is 0 Å². The zero-order chi connectivity index (χ0) is 12.4. The van der Waals surface area contributed by atoms with Crippen LogP contribution in [0.2, 0.25) is 0 Å². The molecule has 1 aromatic heterocycles. The molecular formula is C13H14N2OS. The lowest BCUT2D eigenvalue weighted by Gasteiger charge is -2.12. The quantitative estimate of drug-likeness (QED) is 0.799. The molecule has 1 aromatic carbocycles. The normalized spacial score (nSPS) is 10.2. The summed E-state index contributed by atoms with van der Waals surface area (Å²) in [6.07, 6.45) is 0. The zero-order valence-electron chi connectivity index (χ0n) is 9.78. The van der Waals surface area contributed by atoms with E-state index in [2.05, 4.69) is 5.32 Å². The van der Waals surface area contributed by atoms with Gasteiger partial charge in [0, 0.05) is 5.38 Å². The van der Waals surface area contributed by atoms with Crippen LogP contribution in [0.5, 0.6) is 0 Å². The standard InChI is InChI=1S/C13H14N2OS/c1-8-3-4-11(14)12(9(8)2)15-13(16)10-5-6-17-7-10/h3-7H,14H2,1-2H3,(H,15,16). The Morgan fingerprint density at radius 1 is 1.29 bits per heavy atom. The monoisotopic (exact) mass is 246 g/mol. The van der Waals surface area contributed by atoms with Crippen LogP contribution in [0.25, 0.3) is 0 Å². The summed E-state index contributed by atoms with van der Waals surface area (Å²) in [4.78, 5) is 11.9. The number of carbonyl (C=O) groups is 1. The predicted molar refractivity (Wildman–Crippen MR) is 72.6 cm³/mol. The largest absolute Gasteiger partial charge is 0.397 e. The molecule has 0 spiro atoms. The Kier molecular flexibility index (Phi) is 3.15. The SMILES string of the molecule is Cc1ccc(N)c(NC(=O)c2ccsc2)c1C. The van der Waals surface area contributed by atoms with Gasteiger partial charge in [-0.15, -0.1) is 0 Å². The van der Waals surface area contributed by atoms with Gasteiger partial charge >= 0.3 is 0 Å². The molecule has 0 fully saturated rings. The molecule has 1 heterocycles. The maximum absolute atomic E-state index is 11.9. The maximum Gasteiger partial charge on any atom is 0.256 e. The third kappa shape index (κ3) is 2.31. The van der Waals surface area contributed by atoms with Crippen molar-refractivity contribution >= 4 is 28.6 Å². The Morgan fingerprint density at radius 3 is 2.71 bits per heavy atom. The summed E-state index contributed by atoms with van der Waals surface area (Å²) in [5, 5.41) is 6.56. The number of nitrogen functional groups attached to an aromatic ring is 1. The van der Waals surface area contributed by atoms with E-state index in [1.165, 1.54) is 11.3 Å². The van der Waals surface area contributed by atoms with E-state index < -0.39 is 0 Å². The molecule has 0 unspecified atom stereocenters. The summed E-state index contributed by atoms with van der Waals surface area (Å²) in [7, 11) is 0. The highest BCUT2D eigenvalue weighted by molar-refractivity contribution is 7.08. The molecule has 0 radical (unpaired) electrons. The fourth-order valence-electron chi connectivity index (χ4n) is 1.58. The Labute approximate surface area is 104 Å². The number of carbonyl (C=O) groups excluding carboxylic acids is 1. The summed E-state index contributed by atoms with van der Waals surface area (Å²) in [5.41, 5.74) is 9.96. The third-order valence-electron chi connectivity index (χ3n) is 2.79. The lowest BCUT2D eigenvalue weighted by atomic mass is 10.1. The van der Waals surface area contributed by atoms with Crippen molar-refractivity contribution in [2.45, 2.75) is 13.8 Å². The minimum absolute atomic E-state index is 0.119. The number of nitrogens with two attached hydrogens (primary N) is 1. The number of thiophene rings is 1. The average molecular weight is 246 g/mol. The highest BCUT2D eigenvalue weighted by Crippen LogP contribution is 2.26. The van der Waals surface area contributed by atoms with E-state index in [1.807, 2.05) is 36.7 Å². The molecule has 17 heavy (non-hydrogen) atoms. The van der Waals surface area contributed by atoms with Gasteiger partial charge in [-0.05, 0) is 42.5 Å². The number of benzene rings is 1. The van der Waals surface area contributed by atoms with Gasteiger partial charge in [0.2, 0.25) is 0 Å². The van der Waals surface area contributed by atoms with E-state index in [-0.39, 0.29) is 5.91 Å². The van der Waals surface area contributed by atoms with Crippen LogP contribution >= 0.6 is 11.3 Å². The van der Waals surface area contributed by atoms with Gasteiger partial charge in [-0.25, -0.2) is 0 Å². The maximum atomic E-state index is 11.9. The van der Waals surface area contributed by atoms with Crippen LogP contribution < -0.4 is 11.1 Å². The van der Waals surface area contributed by atoms with Crippen LogP contribution in [0.3, 0.4) is 0 Å². The molecule has 0 aliphatic carbocycles. The summed E-state index contributed by atoms with van der Waals surface area (Å²) < 4.78 is 0. The van der Waals surface area contributed by atoms with Crippen molar-refractivity contribution in [2.75, 3.05) is 11.1 Å². The first-order chi connectivity index (χ1) is 8.09. The molecule has 0 atom stereocenters. The van der Waals surface area contributed by atoms with Crippen molar-refractivity contribution < 1.29 is 4.79 Å². The van der Waals surface area contributed by atoms with E-state index in [0.717, 1.165) is 11.1 Å². The molecule has 2 rings (SSSR count). The molecule has 0 bridgehead atoms. The number of rotatable bonds is 2. The van der Waals surface area contributed by atoms with E-state index >= 15 is 0 Å². The van der Waals surface area contributed by atoms with Gasteiger partial charge in [0.05, 0.1) is 16.9 Å². The van der Waals surface area contributed by atoms with Crippen LogP contribution in [-0.2, 0) is 0 Å². The second-order valence-corrected chi connectivity index (χ2v) is 4.72. The highest BCUT2D eigenvalue weighted by atomic mass is 32.1. The molecule has 1 amide bonds. The summed E-state index contributed by atoms with van der Waals surface area (Å²) >= 11 is 1.50. The van der Waals surface area contributed by atoms with Crippen molar-refractivity contribution in [1.82, 2.24) is 0 Å². The van der Waals surface area contributed by atoms with E-state index in [9.17, 15) is 4.79 Å². The van der Waals surface area contributed by atoms with Crippen LogP contribution in [-0.4, -0.2) is 5.91 Å². The first kappa shape index (κ1) is 11.7. The Balaban J connectivity index is 2.31. The minimum atomic E-state index is -0.119. The fraction of sp³-hybridized carbons (Fsp3) is 0.154. The molecule has 4 heteroatoms. The first-order valence-corrected chi connectivity index (χ1v) is 6.23. The van der Waals surface area contributed by atoms with Crippen molar-refractivity contribution in [3.05, 3.63) is 45.6 Å². The van der Waals surface area contributed by atoms with E-state index in [1.54, 1.807) is 6.07 Å². The molecule has 0 saturated carbocycles. The van der Waals surface area contributed by atoms with Crippen LogP contribution in [0.15, 0.2) is 29.0 Å². The second kappa shape index (κ2) is 4.59. The van der Waals surface area contributed by atoms with Crippen molar-refractivity contribution in [3.63, 3.8) is 0 Å². The van der Waals surface area contributed by atoms with Gasteiger partial charge in [-0.1, -0.05) is 6.07 Å². The molecule has 3 nitrogen and oxygen atoms in total. The predicted octanol–water partition coefficient (Wildman–Crippen LogP) is 3.20. The van der Waals surface area contributed by atoms with Crippen LogP contribution in [0.4, 0.5) is 11.4 Å². The minimum Gasteiger partial charge on any atom is -0.397 e. The number of nitrogens with one attached hydrogen (secondary N) is 1. The molecule has 2 aromatic rings. The lowest BCUT2D eigenvalue weighted by molar-refractivity contribution is 0.102. The van der Waals surface area contributed by atoms with Crippen LogP contribution in [0.1, 0.15) is 21.5 Å². The number of amides is 1. The molecule has 88 valence electrons. The fourth-order valence-corrected chi connectivity index (χ4v) is 2.22. The van der Waals surface area contributed by atoms with E-state index in [0.29, 0.717) is 16.9 Å². The topological polar surface area (TPSA) is 55.1 Å². The highest BCUT2D eigenvalue weighted by Gasteiger charge is 2.11. The summed E-state index contributed by atoms with van der Waals surface area (Å²) in [6.45, 7) is 3.95. The summed E-state index contributed by atoms with van der Waals surface area (Å²) in [5.74, 6) is -0.119. The van der Waals surface area contributed by atoms with E-state index in [4.69, 9.17) is 5.73 Å². The van der Waals surface area contributed by atoms with Gasteiger partial charge in [-0.2, -0.15) is 11.3 Å².